The number of ether oxygens (including phenoxy) is 1. The molecule has 1 aliphatic rings. The van der Waals surface area contributed by atoms with E-state index in [4.69, 9.17) is 16.3 Å². The molecular weight excluding hydrogens is 397 g/mol. The second kappa shape index (κ2) is 7.93. The lowest BCUT2D eigenvalue weighted by Gasteiger charge is -2.22. The summed E-state index contributed by atoms with van der Waals surface area (Å²) in [6.45, 7) is -0.414. The molecule has 144 valence electrons. The molecule has 27 heavy (non-hydrogen) atoms. The monoisotopic (exact) mass is 413 g/mol. The van der Waals surface area contributed by atoms with Gasteiger partial charge < -0.3 is 9.84 Å². The van der Waals surface area contributed by atoms with Crippen molar-refractivity contribution in [2.24, 2.45) is 0 Å². The van der Waals surface area contributed by atoms with Gasteiger partial charge in [0.2, 0.25) is 10.0 Å². The summed E-state index contributed by atoms with van der Waals surface area (Å²) in [7, 11) is -4.02. The van der Waals surface area contributed by atoms with Crippen LogP contribution in [0.15, 0.2) is 53.4 Å². The van der Waals surface area contributed by atoms with Gasteiger partial charge in [-0.2, -0.15) is 4.31 Å². The lowest BCUT2D eigenvalue weighted by Crippen LogP contribution is -2.41. The maximum atomic E-state index is 13.2. The summed E-state index contributed by atoms with van der Waals surface area (Å²) < 4.78 is 45.0. The van der Waals surface area contributed by atoms with E-state index >= 15 is 0 Å². The molecule has 0 aromatic heterocycles. The van der Waals surface area contributed by atoms with Crippen LogP contribution in [0.2, 0.25) is 5.02 Å². The molecule has 0 amide bonds. The minimum absolute atomic E-state index is 0.0380. The summed E-state index contributed by atoms with van der Waals surface area (Å²) in [5.41, 5.74) is 0.439. The number of benzene rings is 2. The van der Waals surface area contributed by atoms with E-state index in [0.29, 0.717) is 10.6 Å². The summed E-state index contributed by atoms with van der Waals surface area (Å²) in [5, 5.41) is 10.3. The van der Waals surface area contributed by atoms with Crippen molar-refractivity contribution in [2.45, 2.75) is 30.1 Å². The van der Waals surface area contributed by atoms with Crippen LogP contribution < -0.4 is 0 Å². The largest absolute Gasteiger partial charge is 0.460 e. The van der Waals surface area contributed by atoms with E-state index in [1.165, 1.54) is 42.5 Å². The minimum atomic E-state index is -4.02. The Bertz CT molecular complexity index is 935. The molecule has 0 saturated carbocycles. The van der Waals surface area contributed by atoms with Gasteiger partial charge in [-0.05, 0) is 42.0 Å². The van der Waals surface area contributed by atoms with Crippen LogP contribution in [0.4, 0.5) is 4.39 Å². The second-order valence-electron chi connectivity index (χ2n) is 6.17. The number of aliphatic hydroxyl groups is 1. The standard InChI is InChI=1S/C18H17ClFNO5S/c19-13-4-6-16(7-5-13)27(24,25)21-10-15(22)9-17(21)18(23)26-11-12-2-1-3-14(20)8-12/h1-8,15,17,22H,9-11H2/t15-,17+/m0/s1. The van der Waals surface area contributed by atoms with Gasteiger partial charge >= 0.3 is 5.97 Å². The van der Waals surface area contributed by atoms with Crippen LogP contribution in [0, 0.1) is 5.82 Å². The number of carbonyl (C=O) groups is 1. The number of esters is 1. The third-order valence-corrected chi connectivity index (χ3v) is 6.34. The number of nitrogens with zero attached hydrogens (tertiary/aromatic N) is 1. The molecule has 2 aromatic carbocycles. The first-order valence-corrected chi connectivity index (χ1v) is 9.96. The van der Waals surface area contributed by atoms with Gasteiger partial charge in [0.15, 0.2) is 0 Å². The van der Waals surface area contributed by atoms with Crippen molar-refractivity contribution in [3.63, 3.8) is 0 Å². The molecule has 1 saturated heterocycles. The van der Waals surface area contributed by atoms with Gasteiger partial charge in [0.1, 0.15) is 18.5 Å². The van der Waals surface area contributed by atoms with Crippen LogP contribution in [-0.2, 0) is 26.2 Å². The quantitative estimate of drug-likeness (QED) is 0.761. The lowest BCUT2D eigenvalue weighted by molar-refractivity contribution is -0.148. The van der Waals surface area contributed by atoms with Crippen molar-refractivity contribution in [1.82, 2.24) is 4.31 Å². The molecule has 9 heteroatoms. The number of hydrogen-bond acceptors (Lipinski definition) is 5. The molecule has 0 spiro atoms. The fraction of sp³-hybridized carbons (Fsp3) is 0.278. The average Bonchev–Trinajstić information content (AvgIpc) is 3.03. The molecule has 1 N–H and O–H groups in total. The Morgan fingerprint density at radius 1 is 1.26 bits per heavy atom. The highest BCUT2D eigenvalue weighted by molar-refractivity contribution is 7.89. The molecular formula is C18H17ClFNO5S. The third-order valence-electron chi connectivity index (χ3n) is 4.20. The van der Waals surface area contributed by atoms with Gasteiger partial charge in [-0.15, -0.1) is 0 Å². The van der Waals surface area contributed by atoms with Gasteiger partial charge in [0, 0.05) is 18.0 Å². The predicted molar refractivity (Wildman–Crippen MR) is 96.0 cm³/mol. The number of β-amino-alcohol motifs (C(OH)–C–C–N with tert-alkyl or cyclic N) is 1. The van der Waals surface area contributed by atoms with Gasteiger partial charge in [-0.25, -0.2) is 12.8 Å². The van der Waals surface area contributed by atoms with Gasteiger partial charge in [-0.3, -0.25) is 4.79 Å². The summed E-state index contributed by atoms with van der Waals surface area (Å²) >= 11 is 5.79. The smallest absolute Gasteiger partial charge is 0.324 e. The lowest BCUT2D eigenvalue weighted by atomic mass is 10.2. The van der Waals surface area contributed by atoms with Gasteiger partial charge in [0.05, 0.1) is 11.0 Å². The number of sulfonamides is 1. The van der Waals surface area contributed by atoms with E-state index in [1.807, 2.05) is 0 Å². The van der Waals surface area contributed by atoms with Crippen molar-refractivity contribution < 1.29 is 27.4 Å². The van der Waals surface area contributed by atoms with Gasteiger partial charge in [0.25, 0.3) is 0 Å². The van der Waals surface area contributed by atoms with Crippen molar-refractivity contribution >= 4 is 27.6 Å². The summed E-state index contributed by atoms with van der Waals surface area (Å²) in [4.78, 5) is 12.4. The zero-order valence-electron chi connectivity index (χ0n) is 14.1. The maximum absolute atomic E-state index is 13.2. The Morgan fingerprint density at radius 2 is 1.96 bits per heavy atom. The minimum Gasteiger partial charge on any atom is -0.460 e. The molecule has 0 unspecified atom stereocenters. The van der Waals surface area contributed by atoms with E-state index in [9.17, 15) is 22.7 Å². The average molecular weight is 414 g/mol. The van der Waals surface area contributed by atoms with E-state index in [0.717, 1.165) is 4.31 Å². The van der Waals surface area contributed by atoms with Crippen LogP contribution >= 0.6 is 11.6 Å². The van der Waals surface area contributed by atoms with Crippen LogP contribution in [0.1, 0.15) is 12.0 Å². The molecule has 0 aliphatic carbocycles. The Labute approximate surface area is 161 Å². The molecule has 2 aromatic rings. The SMILES string of the molecule is O=C(OCc1cccc(F)c1)[C@H]1C[C@H](O)CN1S(=O)(=O)c1ccc(Cl)cc1. The Morgan fingerprint density at radius 3 is 2.63 bits per heavy atom. The molecule has 2 atom stereocenters. The third kappa shape index (κ3) is 4.47. The second-order valence-corrected chi connectivity index (χ2v) is 8.50. The molecule has 0 bridgehead atoms. The Kier molecular flexibility index (Phi) is 5.81. The van der Waals surface area contributed by atoms with E-state index in [2.05, 4.69) is 0 Å². The van der Waals surface area contributed by atoms with Crippen molar-refractivity contribution in [3.8, 4) is 0 Å². The highest BCUT2D eigenvalue weighted by Crippen LogP contribution is 2.28. The number of aliphatic hydroxyl groups excluding tert-OH is 1. The first-order valence-electron chi connectivity index (χ1n) is 8.14. The topological polar surface area (TPSA) is 83.9 Å². The highest BCUT2D eigenvalue weighted by Gasteiger charge is 2.44. The zero-order chi connectivity index (χ0) is 19.6. The fourth-order valence-electron chi connectivity index (χ4n) is 2.88. The van der Waals surface area contributed by atoms with Crippen LogP contribution in [-0.4, -0.2) is 42.5 Å². The molecule has 1 aliphatic heterocycles. The maximum Gasteiger partial charge on any atom is 0.324 e. The van der Waals surface area contributed by atoms with Crippen LogP contribution in [0.25, 0.3) is 0 Å². The summed E-state index contributed by atoms with van der Waals surface area (Å²) in [5.74, 6) is -1.26. The summed E-state index contributed by atoms with van der Waals surface area (Å²) in [6, 6.07) is 9.91. The van der Waals surface area contributed by atoms with E-state index in [-0.39, 0.29) is 24.5 Å². The van der Waals surface area contributed by atoms with Crippen molar-refractivity contribution in [1.29, 1.82) is 0 Å². The Balaban J connectivity index is 1.77. The summed E-state index contributed by atoms with van der Waals surface area (Å²) in [6.07, 6.45) is -1.06. The number of carbonyl (C=O) groups excluding carboxylic acids is 1. The van der Waals surface area contributed by atoms with E-state index < -0.39 is 34.0 Å². The molecule has 6 nitrogen and oxygen atoms in total. The predicted octanol–water partition coefficient (Wildman–Crippen LogP) is 2.35. The molecule has 3 rings (SSSR count). The normalized spacial score (nSPS) is 20.6. The number of hydrogen-bond donors (Lipinski definition) is 1. The number of rotatable bonds is 5. The zero-order valence-corrected chi connectivity index (χ0v) is 15.7. The van der Waals surface area contributed by atoms with E-state index in [1.54, 1.807) is 6.07 Å². The van der Waals surface area contributed by atoms with Crippen LogP contribution in [0.3, 0.4) is 0 Å². The first-order chi connectivity index (χ1) is 12.8. The van der Waals surface area contributed by atoms with Gasteiger partial charge in [-0.1, -0.05) is 23.7 Å². The number of halogens is 2. The van der Waals surface area contributed by atoms with Crippen molar-refractivity contribution in [3.05, 3.63) is 64.9 Å². The first kappa shape index (κ1) is 19.8. The van der Waals surface area contributed by atoms with Crippen molar-refractivity contribution in [2.75, 3.05) is 6.54 Å². The molecule has 1 fully saturated rings. The van der Waals surface area contributed by atoms with Crippen LogP contribution in [0.5, 0.6) is 0 Å². The molecule has 1 heterocycles. The highest BCUT2D eigenvalue weighted by atomic mass is 35.5. The fourth-order valence-corrected chi connectivity index (χ4v) is 4.64. The Hall–Kier alpha value is -2.00. The molecule has 0 radical (unpaired) electrons.